The van der Waals surface area contributed by atoms with Crippen LogP contribution < -0.4 is 5.32 Å². The molecule has 0 aromatic carbocycles. The highest BCUT2D eigenvalue weighted by atomic mass is 19.4. The number of alkyl halides is 3. The number of ether oxygens (including phenoxy) is 1. The van der Waals surface area contributed by atoms with E-state index in [0.29, 0.717) is 12.8 Å². The van der Waals surface area contributed by atoms with Gasteiger partial charge in [0, 0.05) is 19.8 Å². The fourth-order valence-corrected chi connectivity index (χ4v) is 2.30. The lowest BCUT2D eigenvalue weighted by molar-refractivity contribution is -0.182. The van der Waals surface area contributed by atoms with Gasteiger partial charge in [-0.1, -0.05) is 0 Å². The number of hydrogen-bond donors (Lipinski definition) is 1. The molecule has 0 bridgehead atoms. The first-order chi connectivity index (χ1) is 8.04. The molecule has 17 heavy (non-hydrogen) atoms. The Bertz CT molecular complexity index is 200. The van der Waals surface area contributed by atoms with E-state index < -0.39 is 12.1 Å². The van der Waals surface area contributed by atoms with Crippen molar-refractivity contribution in [2.45, 2.75) is 50.7 Å². The van der Waals surface area contributed by atoms with Crippen molar-refractivity contribution in [3.05, 3.63) is 0 Å². The minimum absolute atomic E-state index is 0.274. The third-order valence-corrected chi connectivity index (χ3v) is 3.40. The minimum atomic E-state index is -4.00. The number of halogens is 3. The first-order valence-electron chi connectivity index (χ1n) is 6.33. The van der Waals surface area contributed by atoms with E-state index in [1.807, 2.05) is 0 Å². The largest absolute Gasteiger partial charge is 0.391 e. The maximum Gasteiger partial charge on any atom is 0.391 e. The predicted octanol–water partition coefficient (Wildman–Crippen LogP) is 3.12. The molecule has 0 radical (unpaired) electrons. The van der Waals surface area contributed by atoms with Crippen LogP contribution >= 0.6 is 0 Å². The van der Waals surface area contributed by atoms with Crippen molar-refractivity contribution in [1.82, 2.24) is 5.32 Å². The molecular weight excluding hydrogens is 231 g/mol. The van der Waals surface area contributed by atoms with E-state index in [9.17, 15) is 13.2 Å². The Labute approximate surface area is 101 Å². The molecular formula is C12H22F3NO. The molecule has 1 saturated carbocycles. The number of unbranched alkanes of at least 4 members (excludes halogenated alkanes) is 1. The molecule has 0 atom stereocenters. The molecule has 0 unspecified atom stereocenters. The topological polar surface area (TPSA) is 21.3 Å². The zero-order valence-electron chi connectivity index (χ0n) is 10.4. The van der Waals surface area contributed by atoms with Crippen LogP contribution in [0.25, 0.3) is 0 Å². The van der Waals surface area contributed by atoms with Gasteiger partial charge in [-0.05, 0) is 45.1 Å². The van der Waals surface area contributed by atoms with Gasteiger partial charge in [0.1, 0.15) is 0 Å². The second-order valence-corrected chi connectivity index (χ2v) is 4.74. The molecule has 1 aliphatic rings. The van der Waals surface area contributed by atoms with E-state index in [1.54, 1.807) is 7.11 Å². The summed E-state index contributed by atoms with van der Waals surface area (Å²) < 4.78 is 42.2. The maximum absolute atomic E-state index is 12.4. The van der Waals surface area contributed by atoms with E-state index in [1.165, 1.54) is 0 Å². The molecule has 0 heterocycles. The van der Waals surface area contributed by atoms with Crippen molar-refractivity contribution in [1.29, 1.82) is 0 Å². The molecule has 5 heteroatoms. The number of hydrogen-bond acceptors (Lipinski definition) is 2. The summed E-state index contributed by atoms with van der Waals surface area (Å²) in [6.45, 7) is 1.63. The van der Waals surface area contributed by atoms with Crippen molar-refractivity contribution in [3.8, 4) is 0 Å². The molecule has 0 aromatic rings. The van der Waals surface area contributed by atoms with E-state index in [0.717, 1.165) is 26.0 Å². The van der Waals surface area contributed by atoms with Crippen LogP contribution in [0.15, 0.2) is 0 Å². The third-order valence-electron chi connectivity index (χ3n) is 3.40. The highest BCUT2D eigenvalue weighted by Crippen LogP contribution is 2.37. The zero-order chi connectivity index (χ0) is 12.7. The maximum atomic E-state index is 12.4. The molecule has 102 valence electrons. The van der Waals surface area contributed by atoms with E-state index in [-0.39, 0.29) is 18.9 Å². The molecule has 0 aliphatic heterocycles. The zero-order valence-corrected chi connectivity index (χ0v) is 10.4. The Hall–Kier alpha value is -0.290. The second-order valence-electron chi connectivity index (χ2n) is 4.74. The molecule has 1 fully saturated rings. The van der Waals surface area contributed by atoms with Gasteiger partial charge in [0.25, 0.3) is 0 Å². The van der Waals surface area contributed by atoms with Gasteiger partial charge in [0.05, 0.1) is 5.92 Å². The molecule has 1 N–H and O–H groups in total. The molecule has 0 aromatic heterocycles. The first kappa shape index (κ1) is 14.8. The van der Waals surface area contributed by atoms with Gasteiger partial charge in [-0.15, -0.1) is 0 Å². The van der Waals surface area contributed by atoms with Gasteiger partial charge in [-0.2, -0.15) is 13.2 Å². The van der Waals surface area contributed by atoms with Crippen LogP contribution in [0.3, 0.4) is 0 Å². The van der Waals surface area contributed by atoms with Crippen LogP contribution in [0.4, 0.5) is 13.2 Å². The smallest absolute Gasteiger partial charge is 0.385 e. The lowest BCUT2D eigenvalue weighted by atomic mass is 9.85. The predicted molar refractivity (Wildman–Crippen MR) is 60.9 cm³/mol. The highest BCUT2D eigenvalue weighted by Gasteiger charge is 2.41. The minimum Gasteiger partial charge on any atom is -0.385 e. The average Bonchev–Trinajstić information content (AvgIpc) is 2.28. The number of methoxy groups -OCH3 is 1. The van der Waals surface area contributed by atoms with Gasteiger partial charge in [0.15, 0.2) is 0 Å². The Balaban J connectivity index is 2.07. The molecule has 0 spiro atoms. The number of rotatable bonds is 6. The fraction of sp³-hybridized carbons (Fsp3) is 1.00. The summed E-state index contributed by atoms with van der Waals surface area (Å²) in [6, 6.07) is 0.274. The van der Waals surface area contributed by atoms with Crippen LogP contribution in [0.2, 0.25) is 0 Å². The molecule has 0 amide bonds. The van der Waals surface area contributed by atoms with Gasteiger partial charge in [-0.3, -0.25) is 0 Å². The molecule has 2 nitrogen and oxygen atoms in total. The fourth-order valence-electron chi connectivity index (χ4n) is 2.30. The first-order valence-corrected chi connectivity index (χ1v) is 6.33. The Morgan fingerprint density at radius 2 is 1.76 bits per heavy atom. The normalized spacial score (nSPS) is 26.1. The highest BCUT2D eigenvalue weighted by molar-refractivity contribution is 4.80. The summed E-state index contributed by atoms with van der Waals surface area (Å²) in [7, 11) is 1.67. The van der Waals surface area contributed by atoms with E-state index in [2.05, 4.69) is 5.32 Å². The van der Waals surface area contributed by atoms with Gasteiger partial charge in [-0.25, -0.2) is 0 Å². The van der Waals surface area contributed by atoms with Crippen molar-refractivity contribution in [2.24, 2.45) is 5.92 Å². The van der Waals surface area contributed by atoms with Crippen molar-refractivity contribution in [3.63, 3.8) is 0 Å². The summed E-state index contributed by atoms with van der Waals surface area (Å²) in [5.74, 6) is -1.07. The quantitative estimate of drug-likeness (QED) is 0.734. The Kier molecular flexibility index (Phi) is 6.27. The van der Waals surface area contributed by atoms with E-state index in [4.69, 9.17) is 4.74 Å². The van der Waals surface area contributed by atoms with Crippen LogP contribution in [0, 0.1) is 5.92 Å². The second kappa shape index (κ2) is 7.21. The van der Waals surface area contributed by atoms with Crippen LogP contribution in [0.1, 0.15) is 38.5 Å². The Morgan fingerprint density at radius 1 is 1.12 bits per heavy atom. The molecule has 0 saturated heterocycles. The lowest BCUT2D eigenvalue weighted by Gasteiger charge is -2.30. The lowest BCUT2D eigenvalue weighted by Crippen LogP contribution is -2.37. The molecule has 1 aliphatic carbocycles. The van der Waals surface area contributed by atoms with Crippen LogP contribution in [0.5, 0.6) is 0 Å². The van der Waals surface area contributed by atoms with Gasteiger partial charge < -0.3 is 10.1 Å². The van der Waals surface area contributed by atoms with Crippen LogP contribution in [-0.4, -0.2) is 32.5 Å². The standard InChI is InChI=1S/C12H22F3NO/c1-17-9-3-2-8-16-11-6-4-10(5-7-11)12(13,14)15/h10-11,16H,2-9H2,1H3. The van der Waals surface area contributed by atoms with Gasteiger partial charge >= 0.3 is 6.18 Å². The number of nitrogens with one attached hydrogen (secondary N) is 1. The SMILES string of the molecule is COCCCCNC1CCC(C(F)(F)F)CC1. The van der Waals surface area contributed by atoms with Crippen molar-refractivity contribution >= 4 is 0 Å². The van der Waals surface area contributed by atoms with Crippen molar-refractivity contribution < 1.29 is 17.9 Å². The summed E-state index contributed by atoms with van der Waals surface area (Å²) in [5.41, 5.74) is 0. The van der Waals surface area contributed by atoms with Crippen molar-refractivity contribution in [2.75, 3.05) is 20.3 Å². The van der Waals surface area contributed by atoms with Crippen LogP contribution in [-0.2, 0) is 4.74 Å². The van der Waals surface area contributed by atoms with E-state index >= 15 is 0 Å². The monoisotopic (exact) mass is 253 g/mol. The third kappa shape index (κ3) is 5.73. The van der Waals surface area contributed by atoms with Gasteiger partial charge in [0.2, 0.25) is 0 Å². The molecule has 1 rings (SSSR count). The summed E-state index contributed by atoms with van der Waals surface area (Å²) in [4.78, 5) is 0. The summed E-state index contributed by atoms with van der Waals surface area (Å²) >= 11 is 0. The Morgan fingerprint density at radius 3 is 2.29 bits per heavy atom. The summed E-state index contributed by atoms with van der Waals surface area (Å²) in [5, 5.41) is 3.33. The summed E-state index contributed by atoms with van der Waals surface area (Å²) in [6.07, 6.45) is -0.126. The average molecular weight is 253 g/mol.